The molecule has 4 bridgehead atoms. The lowest BCUT2D eigenvalue weighted by molar-refractivity contribution is 0.922. The third kappa shape index (κ3) is 4.00. The molecule has 0 atom stereocenters. The highest BCUT2D eigenvalue weighted by Crippen LogP contribution is 2.33. The number of hydrogen-bond acceptors (Lipinski definition) is 3. The topological polar surface area (TPSA) is 42.2 Å². The van der Waals surface area contributed by atoms with Gasteiger partial charge in [-0.15, -0.1) is 0 Å². The van der Waals surface area contributed by atoms with Crippen molar-refractivity contribution < 1.29 is 0 Å². The van der Waals surface area contributed by atoms with E-state index in [0.717, 1.165) is 49.4 Å². The minimum absolute atomic E-state index is 0.741. The fourth-order valence-electron chi connectivity index (χ4n) is 4.70. The van der Waals surface area contributed by atoms with E-state index in [2.05, 4.69) is 87.5 Å². The van der Waals surface area contributed by atoms with Crippen LogP contribution in [0, 0.1) is 0 Å². The van der Waals surface area contributed by atoms with E-state index in [0.29, 0.717) is 0 Å². The van der Waals surface area contributed by atoms with Crippen molar-refractivity contribution >= 4 is 11.5 Å². The number of anilines is 1. The summed E-state index contributed by atoms with van der Waals surface area (Å²) in [5.41, 5.74) is 9.79. The Kier molecular flexibility index (Phi) is 5.11. The molecule has 0 spiro atoms. The zero-order chi connectivity index (χ0) is 22.0. The van der Waals surface area contributed by atoms with E-state index in [1.807, 2.05) is 18.6 Å². The minimum atomic E-state index is 0.741. The quantitative estimate of drug-likeness (QED) is 0.386. The van der Waals surface area contributed by atoms with Gasteiger partial charge in [-0.1, -0.05) is 66.7 Å². The van der Waals surface area contributed by atoms with Crippen LogP contribution in [0.4, 0.5) is 5.82 Å². The molecule has 0 saturated carbocycles. The predicted octanol–water partition coefficient (Wildman–Crippen LogP) is 5.89. The molecule has 4 aliphatic rings. The molecule has 9 rings (SSSR count). The standard InChI is InChI=1S/C29H26N4/c1-2-4-24(5-3-1)19-31-29-28(32-27-20-30-16-17-33(27)29)26-18-23-11-10-21-6-8-22(9-7-21)12-14-25(26)15-13-23/h1-9,13,15-18,20,31H,10-12,14,19H2. The molecule has 2 aromatic heterocycles. The van der Waals surface area contributed by atoms with Crippen molar-refractivity contribution in [1.82, 2.24) is 14.4 Å². The lowest BCUT2D eigenvalue weighted by Crippen LogP contribution is -2.05. The third-order valence-corrected chi connectivity index (χ3v) is 6.57. The second-order valence-corrected chi connectivity index (χ2v) is 8.76. The molecule has 1 N–H and O–H groups in total. The first kappa shape index (κ1) is 19.7. The number of nitrogens with zero attached hydrogens (tertiary/aromatic N) is 3. The van der Waals surface area contributed by atoms with Crippen LogP contribution in [0.5, 0.6) is 0 Å². The number of benzene rings is 3. The van der Waals surface area contributed by atoms with Gasteiger partial charge in [-0.2, -0.15) is 0 Å². The van der Waals surface area contributed by atoms with E-state index in [4.69, 9.17) is 4.98 Å². The summed E-state index contributed by atoms with van der Waals surface area (Å²) in [6.07, 6.45) is 9.72. The maximum absolute atomic E-state index is 5.05. The number of nitrogens with one attached hydrogen (secondary N) is 1. The molecular weight excluding hydrogens is 404 g/mol. The molecule has 0 unspecified atom stereocenters. The van der Waals surface area contributed by atoms with E-state index in [1.165, 1.54) is 33.4 Å². The first-order chi connectivity index (χ1) is 16.3. The van der Waals surface area contributed by atoms with Crippen molar-refractivity contribution in [3.63, 3.8) is 0 Å². The summed E-state index contributed by atoms with van der Waals surface area (Å²) < 4.78 is 2.11. The largest absolute Gasteiger partial charge is 0.365 e. The summed E-state index contributed by atoms with van der Waals surface area (Å²) in [7, 11) is 0. The van der Waals surface area contributed by atoms with Gasteiger partial charge in [-0.25, -0.2) is 4.98 Å². The Labute approximate surface area is 194 Å². The van der Waals surface area contributed by atoms with E-state index in [9.17, 15) is 0 Å². The van der Waals surface area contributed by atoms with Crippen LogP contribution < -0.4 is 5.32 Å². The number of aryl methyl sites for hydroxylation is 4. The Morgan fingerprint density at radius 3 is 2.33 bits per heavy atom. The van der Waals surface area contributed by atoms with E-state index in [-0.39, 0.29) is 0 Å². The van der Waals surface area contributed by atoms with Gasteiger partial charge in [0.2, 0.25) is 0 Å². The van der Waals surface area contributed by atoms with Crippen LogP contribution in [0.1, 0.15) is 27.8 Å². The summed E-state index contributed by atoms with van der Waals surface area (Å²) in [6.45, 7) is 0.741. The number of hydrogen-bond donors (Lipinski definition) is 1. The van der Waals surface area contributed by atoms with Gasteiger partial charge < -0.3 is 5.32 Å². The molecule has 33 heavy (non-hydrogen) atoms. The normalized spacial score (nSPS) is 13.1. The second-order valence-electron chi connectivity index (χ2n) is 8.76. The summed E-state index contributed by atoms with van der Waals surface area (Å²) in [6, 6.07) is 26.6. The molecule has 0 saturated heterocycles. The number of aromatic nitrogens is 3. The lowest BCUT2D eigenvalue weighted by atomic mass is 9.92. The zero-order valence-electron chi connectivity index (χ0n) is 18.5. The highest BCUT2D eigenvalue weighted by atomic mass is 15.1. The predicted molar refractivity (Wildman–Crippen MR) is 133 cm³/mol. The Morgan fingerprint density at radius 2 is 1.52 bits per heavy atom. The van der Waals surface area contributed by atoms with Crippen molar-refractivity contribution in [2.45, 2.75) is 32.2 Å². The molecule has 0 amide bonds. The fraction of sp³-hybridized carbons (Fsp3) is 0.172. The molecule has 5 aromatic rings. The number of rotatable bonds is 4. The van der Waals surface area contributed by atoms with Crippen molar-refractivity contribution in [2.75, 3.05) is 5.32 Å². The monoisotopic (exact) mass is 430 g/mol. The molecule has 4 heteroatoms. The molecule has 4 aliphatic carbocycles. The van der Waals surface area contributed by atoms with Gasteiger partial charge >= 0.3 is 0 Å². The van der Waals surface area contributed by atoms with Crippen molar-refractivity contribution in [1.29, 1.82) is 0 Å². The minimum Gasteiger partial charge on any atom is -0.365 e. The fourth-order valence-corrected chi connectivity index (χ4v) is 4.70. The SMILES string of the molecule is c1ccc(CNc2c(-c3cc4ccc3CCc3ccc(cc3)CC4)nc3cnccn23)cc1. The second kappa shape index (κ2) is 8.55. The molecule has 3 aromatic carbocycles. The Balaban J connectivity index is 1.45. The lowest BCUT2D eigenvalue weighted by Gasteiger charge is -2.15. The average molecular weight is 431 g/mol. The summed E-state index contributed by atoms with van der Waals surface area (Å²) in [5, 5.41) is 3.68. The first-order valence-electron chi connectivity index (χ1n) is 11.6. The van der Waals surface area contributed by atoms with Crippen LogP contribution in [0.3, 0.4) is 0 Å². The van der Waals surface area contributed by atoms with E-state index in [1.54, 1.807) is 0 Å². The number of fused-ring (bicyclic) bond motifs is 1. The molecule has 0 fully saturated rings. The van der Waals surface area contributed by atoms with Crippen LogP contribution in [-0.2, 0) is 32.2 Å². The van der Waals surface area contributed by atoms with Crippen LogP contribution in [0.2, 0.25) is 0 Å². The van der Waals surface area contributed by atoms with Gasteiger partial charge in [0.1, 0.15) is 11.5 Å². The summed E-state index contributed by atoms with van der Waals surface area (Å²) in [5.74, 6) is 1.02. The molecule has 4 nitrogen and oxygen atoms in total. The van der Waals surface area contributed by atoms with Crippen LogP contribution >= 0.6 is 0 Å². The Hall–Kier alpha value is -3.92. The van der Waals surface area contributed by atoms with Crippen LogP contribution in [-0.4, -0.2) is 14.4 Å². The van der Waals surface area contributed by atoms with Gasteiger partial charge in [0.05, 0.1) is 6.20 Å². The molecule has 162 valence electrons. The highest BCUT2D eigenvalue weighted by molar-refractivity contribution is 5.79. The molecule has 0 aliphatic heterocycles. The maximum atomic E-state index is 5.05. The van der Waals surface area contributed by atoms with Gasteiger partial charge in [-0.05, 0) is 59.6 Å². The molecule has 2 heterocycles. The Morgan fingerprint density at radius 1 is 0.788 bits per heavy atom. The van der Waals surface area contributed by atoms with Crippen LogP contribution in [0.15, 0.2) is 91.4 Å². The first-order valence-corrected chi connectivity index (χ1v) is 11.6. The maximum Gasteiger partial charge on any atom is 0.157 e. The zero-order valence-corrected chi connectivity index (χ0v) is 18.5. The van der Waals surface area contributed by atoms with Gasteiger partial charge in [-0.3, -0.25) is 9.38 Å². The summed E-state index contributed by atoms with van der Waals surface area (Å²) in [4.78, 5) is 9.36. The average Bonchev–Trinajstić information content (AvgIpc) is 3.23. The van der Waals surface area contributed by atoms with Crippen molar-refractivity contribution in [3.8, 4) is 11.3 Å². The van der Waals surface area contributed by atoms with E-state index >= 15 is 0 Å². The third-order valence-electron chi connectivity index (χ3n) is 6.57. The highest BCUT2D eigenvalue weighted by Gasteiger charge is 2.18. The van der Waals surface area contributed by atoms with Crippen molar-refractivity contribution in [3.05, 3.63) is 119 Å². The van der Waals surface area contributed by atoms with Gasteiger partial charge in [0.15, 0.2) is 5.65 Å². The van der Waals surface area contributed by atoms with Crippen LogP contribution in [0.25, 0.3) is 16.9 Å². The van der Waals surface area contributed by atoms with Crippen molar-refractivity contribution in [2.24, 2.45) is 0 Å². The molecule has 0 radical (unpaired) electrons. The molecular formula is C29H26N4. The number of imidazole rings is 1. The van der Waals surface area contributed by atoms with Gasteiger partial charge in [0.25, 0.3) is 0 Å². The van der Waals surface area contributed by atoms with Gasteiger partial charge in [0, 0.05) is 24.5 Å². The summed E-state index contributed by atoms with van der Waals surface area (Å²) >= 11 is 0. The Bertz CT molecular complexity index is 1400. The smallest absolute Gasteiger partial charge is 0.157 e. The van der Waals surface area contributed by atoms with E-state index < -0.39 is 0 Å².